The SMILES string of the molecule is Cc1cccc(C(C(=O)NCc2ccccc2)N(C(=O)C(CC(C)C)NC(=O)OC(C)(C)C)C(C)CCC(C)C)c1O. The monoisotopic (exact) mass is 581 g/mol. The maximum absolute atomic E-state index is 14.5. The zero-order chi connectivity index (χ0) is 31.6. The van der Waals surface area contributed by atoms with Crippen molar-refractivity contribution in [3.05, 3.63) is 65.2 Å². The largest absolute Gasteiger partial charge is 0.507 e. The molecule has 0 bridgehead atoms. The quantitative estimate of drug-likeness (QED) is 0.245. The third-order valence-electron chi connectivity index (χ3n) is 6.99. The smallest absolute Gasteiger partial charge is 0.408 e. The molecule has 0 heterocycles. The average molecular weight is 582 g/mol. The van der Waals surface area contributed by atoms with E-state index in [2.05, 4.69) is 24.5 Å². The van der Waals surface area contributed by atoms with Crippen molar-refractivity contribution in [2.45, 2.75) is 112 Å². The molecule has 0 aliphatic rings. The normalized spacial score (nSPS) is 13.8. The lowest BCUT2D eigenvalue weighted by Crippen LogP contribution is -2.56. The van der Waals surface area contributed by atoms with Crippen molar-refractivity contribution in [2.75, 3.05) is 0 Å². The molecule has 3 unspecified atom stereocenters. The van der Waals surface area contributed by atoms with Crippen LogP contribution in [0.1, 0.15) is 97.4 Å². The van der Waals surface area contributed by atoms with E-state index in [1.807, 2.05) is 51.1 Å². The molecular weight excluding hydrogens is 530 g/mol. The second-order valence-corrected chi connectivity index (χ2v) is 13.0. The number of para-hydroxylation sites is 1. The van der Waals surface area contributed by atoms with Gasteiger partial charge in [0.05, 0.1) is 0 Å². The molecule has 8 nitrogen and oxygen atoms in total. The fraction of sp³-hybridized carbons (Fsp3) is 0.559. The molecule has 3 atom stereocenters. The van der Waals surface area contributed by atoms with E-state index >= 15 is 0 Å². The van der Waals surface area contributed by atoms with Gasteiger partial charge in [0.15, 0.2) is 0 Å². The Kier molecular flexibility index (Phi) is 12.9. The van der Waals surface area contributed by atoms with Gasteiger partial charge < -0.3 is 25.4 Å². The summed E-state index contributed by atoms with van der Waals surface area (Å²) in [5.74, 6) is -0.392. The molecule has 0 aromatic heterocycles. The Morgan fingerprint density at radius 2 is 1.55 bits per heavy atom. The van der Waals surface area contributed by atoms with E-state index in [9.17, 15) is 19.5 Å². The van der Waals surface area contributed by atoms with Gasteiger partial charge in [0.25, 0.3) is 0 Å². The van der Waals surface area contributed by atoms with Crippen LogP contribution in [0.5, 0.6) is 5.75 Å². The number of benzene rings is 2. The first kappa shape index (κ1) is 34.7. The van der Waals surface area contributed by atoms with E-state index in [-0.39, 0.29) is 24.3 Å². The van der Waals surface area contributed by atoms with Crippen molar-refractivity contribution >= 4 is 17.9 Å². The second kappa shape index (κ2) is 15.6. The highest BCUT2D eigenvalue weighted by atomic mass is 16.6. The number of carbonyl (C=O) groups is 3. The molecule has 2 aromatic rings. The summed E-state index contributed by atoms with van der Waals surface area (Å²) in [5.41, 5.74) is 1.10. The predicted molar refractivity (Wildman–Crippen MR) is 167 cm³/mol. The number of aryl methyl sites for hydroxylation is 1. The van der Waals surface area contributed by atoms with Gasteiger partial charge in [-0.3, -0.25) is 9.59 Å². The number of ether oxygens (including phenoxy) is 1. The van der Waals surface area contributed by atoms with Crippen LogP contribution in [-0.4, -0.2) is 45.6 Å². The Morgan fingerprint density at radius 3 is 2.12 bits per heavy atom. The number of amides is 3. The molecular formula is C34H51N3O5. The number of alkyl carbamates (subject to hydrolysis) is 1. The van der Waals surface area contributed by atoms with Crippen LogP contribution >= 0.6 is 0 Å². The summed E-state index contributed by atoms with van der Waals surface area (Å²) in [4.78, 5) is 43.1. The highest BCUT2D eigenvalue weighted by Crippen LogP contribution is 2.35. The first-order chi connectivity index (χ1) is 19.6. The van der Waals surface area contributed by atoms with E-state index < -0.39 is 35.6 Å². The number of phenols is 1. The molecule has 0 aliphatic heterocycles. The maximum Gasteiger partial charge on any atom is 0.408 e. The number of carbonyl (C=O) groups excluding carboxylic acids is 3. The van der Waals surface area contributed by atoms with Gasteiger partial charge in [-0.25, -0.2) is 4.79 Å². The molecule has 232 valence electrons. The Labute approximate surface area is 252 Å². The summed E-state index contributed by atoms with van der Waals surface area (Å²) < 4.78 is 5.49. The van der Waals surface area contributed by atoms with Gasteiger partial charge in [0.1, 0.15) is 23.4 Å². The molecule has 2 rings (SSSR count). The number of phenolic OH excluding ortho intramolecular Hbond substituents is 1. The lowest BCUT2D eigenvalue weighted by atomic mass is 9.94. The number of hydrogen-bond acceptors (Lipinski definition) is 5. The summed E-state index contributed by atoms with van der Waals surface area (Å²) >= 11 is 0. The second-order valence-electron chi connectivity index (χ2n) is 13.0. The number of hydrogen-bond donors (Lipinski definition) is 3. The maximum atomic E-state index is 14.5. The first-order valence-electron chi connectivity index (χ1n) is 15.0. The van der Waals surface area contributed by atoms with Crippen molar-refractivity contribution in [3.8, 4) is 5.75 Å². The minimum atomic E-state index is -1.13. The molecule has 0 radical (unpaired) electrons. The van der Waals surface area contributed by atoms with Crippen LogP contribution < -0.4 is 10.6 Å². The van der Waals surface area contributed by atoms with Crippen LogP contribution in [-0.2, 0) is 20.9 Å². The third-order valence-corrected chi connectivity index (χ3v) is 6.99. The van der Waals surface area contributed by atoms with Gasteiger partial charge in [0, 0.05) is 18.2 Å². The minimum absolute atomic E-state index is 0.0354. The molecule has 0 aliphatic carbocycles. The van der Waals surface area contributed by atoms with Crippen LogP contribution in [0.4, 0.5) is 4.79 Å². The molecule has 2 aromatic carbocycles. The van der Waals surface area contributed by atoms with Gasteiger partial charge >= 0.3 is 6.09 Å². The molecule has 3 N–H and O–H groups in total. The van der Waals surface area contributed by atoms with E-state index in [1.165, 1.54) is 0 Å². The minimum Gasteiger partial charge on any atom is -0.507 e. The van der Waals surface area contributed by atoms with Crippen LogP contribution in [0.15, 0.2) is 48.5 Å². The number of rotatable bonds is 13. The average Bonchev–Trinajstić information content (AvgIpc) is 2.89. The van der Waals surface area contributed by atoms with Crippen molar-refractivity contribution in [3.63, 3.8) is 0 Å². The van der Waals surface area contributed by atoms with Crippen molar-refractivity contribution in [1.82, 2.24) is 15.5 Å². The van der Waals surface area contributed by atoms with E-state index in [0.29, 0.717) is 29.9 Å². The van der Waals surface area contributed by atoms with E-state index in [4.69, 9.17) is 4.74 Å². The van der Waals surface area contributed by atoms with Crippen LogP contribution in [0, 0.1) is 18.8 Å². The van der Waals surface area contributed by atoms with Gasteiger partial charge in [-0.2, -0.15) is 0 Å². The van der Waals surface area contributed by atoms with Gasteiger partial charge in [-0.1, -0.05) is 76.2 Å². The Morgan fingerprint density at radius 1 is 0.905 bits per heavy atom. The Bertz CT molecular complexity index is 1170. The highest BCUT2D eigenvalue weighted by molar-refractivity contribution is 5.92. The topological polar surface area (TPSA) is 108 Å². The molecule has 0 saturated heterocycles. The van der Waals surface area contributed by atoms with E-state index in [0.717, 1.165) is 12.0 Å². The molecule has 42 heavy (non-hydrogen) atoms. The third kappa shape index (κ3) is 10.7. The van der Waals surface area contributed by atoms with Crippen LogP contribution in [0.25, 0.3) is 0 Å². The number of nitrogens with one attached hydrogen (secondary N) is 2. The molecule has 8 heteroatoms. The Balaban J connectivity index is 2.62. The zero-order valence-corrected chi connectivity index (χ0v) is 26.9. The van der Waals surface area contributed by atoms with Gasteiger partial charge in [0.2, 0.25) is 11.8 Å². The summed E-state index contributed by atoms with van der Waals surface area (Å²) in [6, 6.07) is 12.3. The predicted octanol–water partition coefficient (Wildman–Crippen LogP) is 6.65. The molecule has 0 spiro atoms. The lowest BCUT2D eigenvalue weighted by molar-refractivity contribution is -0.145. The van der Waals surface area contributed by atoms with Crippen molar-refractivity contribution < 1.29 is 24.2 Å². The fourth-order valence-corrected chi connectivity index (χ4v) is 4.84. The summed E-state index contributed by atoms with van der Waals surface area (Å²) in [5, 5.41) is 17.0. The summed E-state index contributed by atoms with van der Waals surface area (Å²) in [6.07, 6.45) is 1.13. The molecule has 0 saturated carbocycles. The van der Waals surface area contributed by atoms with Crippen molar-refractivity contribution in [2.24, 2.45) is 11.8 Å². The van der Waals surface area contributed by atoms with Gasteiger partial charge in [-0.15, -0.1) is 0 Å². The number of nitrogens with zero attached hydrogens (tertiary/aromatic N) is 1. The summed E-state index contributed by atoms with van der Waals surface area (Å²) in [7, 11) is 0. The van der Waals surface area contributed by atoms with Crippen LogP contribution in [0.3, 0.4) is 0 Å². The lowest BCUT2D eigenvalue weighted by Gasteiger charge is -2.39. The first-order valence-corrected chi connectivity index (χ1v) is 15.0. The summed E-state index contributed by atoms with van der Waals surface area (Å²) in [6.45, 7) is 17.4. The van der Waals surface area contributed by atoms with E-state index in [1.54, 1.807) is 50.8 Å². The zero-order valence-electron chi connectivity index (χ0n) is 26.9. The van der Waals surface area contributed by atoms with Gasteiger partial charge in [-0.05, 0) is 76.8 Å². The van der Waals surface area contributed by atoms with Crippen molar-refractivity contribution in [1.29, 1.82) is 0 Å². The highest BCUT2D eigenvalue weighted by Gasteiger charge is 2.40. The fourth-order valence-electron chi connectivity index (χ4n) is 4.84. The standard InChI is InChI=1S/C34H51N3O5/c1-22(2)18-19-25(6)37(32(40)28(20-23(3)4)36-33(41)42-34(7,8)9)29(27-17-13-14-24(5)30(27)38)31(39)35-21-26-15-11-10-12-16-26/h10-17,22-23,25,28-29,38H,18-21H2,1-9H3,(H,35,39)(H,36,41). The number of aromatic hydroxyl groups is 1. The molecule has 3 amide bonds. The van der Waals surface area contributed by atoms with Crippen LogP contribution in [0.2, 0.25) is 0 Å². The molecule has 0 fully saturated rings. The Hall–Kier alpha value is -3.55.